The van der Waals surface area contributed by atoms with Crippen LogP contribution in [0.4, 0.5) is 5.82 Å². The molecule has 0 radical (unpaired) electrons. The third kappa shape index (κ3) is 3.28. The second-order valence-electron chi connectivity index (χ2n) is 8.04. The van der Waals surface area contributed by atoms with Gasteiger partial charge in [0.05, 0.1) is 6.54 Å². The van der Waals surface area contributed by atoms with E-state index >= 15 is 0 Å². The first-order valence-electron chi connectivity index (χ1n) is 10.2. The van der Waals surface area contributed by atoms with Crippen LogP contribution in [-0.2, 0) is 24.8 Å². The van der Waals surface area contributed by atoms with Crippen molar-refractivity contribution in [1.29, 1.82) is 0 Å². The quantitative estimate of drug-likeness (QED) is 0.720. The Morgan fingerprint density at radius 2 is 2.10 bits per heavy atom. The maximum atomic E-state index is 13.3. The molecule has 0 atom stereocenters. The predicted octanol–water partition coefficient (Wildman–Crippen LogP) is 2.93. The molecule has 0 unspecified atom stereocenters. The number of nitrogens with one attached hydrogen (secondary N) is 1. The molecule has 154 valence electrons. The first-order chi connectivity index (χ1) is 14.5. The minimum absolute atomic E-state index is 0.0117. The molecule has 8 nitrogen and oxygen atoms in total. The summed E-state index contributed by atoms with van der Waals surface area (Å²) in [6.07, 6.45) is 3.84. The van der Waals surface area contributed by atoms with Crippen LogP contribution in [0.25, 0.3) is 11.3 Å². The molecule has 0 bridgehead atoms. The number of hydrogen-bond donors (Lipinski definition) is 1. The van der Waals surface area contributed by atoms with Crippen LogP contribution in [0.2, 0.25) is 0 Å². The summed E-state index contributed by atoms with van der Waals surface area (Å²) >= 11 is 0. The molecule has 0 saturated heterocycles. The Hall–Kier alpha value is -3.42. The number of aryl methyl sites for hydroxylation is 2. The predicted molar refractivity (Wildman–Crippen MR) is 110 cm³/mol. The summed E-state index contributed by atoms with van der Waals surface area (Å²) in [5.74, 6) is 0.951. The lowest BCUT2D eigenvalue weighted by Crippen LogP contribution is -2.37. The van der Waals surface area contributed by atoms with Gasteiger partial charge in [0.2, 0.25) is 5.91 Å². The number of fused-ring (bicyclic) bond motifs is 1. The van der Waals surface area contributed by atoms with E-state index in [2.05, 4.69) is 15.4 Å². The van der Waals surface area contributed by atoms with Gasteiger partial charge in [0, 0.05) is 42.8 Å². The van der Waals surface area contributed by atoms with Crippen LogP contribution in [0, 0.1) is 12.8 Å². The van der Waals surface area contributed by atoms with Gasteiger partial charge in [-0.25, -0.2) is 4.98 Å². The summed E-state index contributed by atoms with van der Waals surface area (Å²) in [5.41, 5.74) is 4.15. The number of aromatic nitrogens is 3. The van der Waals surface area contributed by atoms with Crippen molar-refractivity contribution in [2.75, 3.05) is 11.9 Å². The van der Waals surface area contributed by atoms with Gasteiger partial charge in [-0.3, -0.25) is 14.3 Å². The zero-order chi connectivity index (χ0) is 20.8. The number of amides is 2. The molecule has 5 rings (SSSR count). The van der Waals surface area contributed by atoms with Crippen LogP contribution < -0.4 is 5.32 Å². The third-order valence-corrected chi connectivity index (χ3v) is 5.77. The fraction of sp³-hybridized carbons (Fsp3) is 0.364. The molecular formula is C22H23N5O3. The first-order valence-corrected chi connectivity index (χ1v) is 10.2. The van der Waals surface area contributed by atoms with E-state index in [1.54, 1.807) is 9.58 Å². The van der Waals surface area contributed by atoms with Gasteiger partial charge in [0.25, 0.3) is 5.91 Å². The Balaban J connectivity index is 1.41. The van der Waals surface area contributed by atoms with E-state index in [0.717, 1.165) is 35.2 Å². The zero-order valence-electron chi connectivity index (χ0n) is 17.0. The Morgan fingerprint density at radius 3 is 2.87 bits per heavy atom. The van der Waals surface area contributed by atoms with E-state index in [4.69, 9.17) is 4.42 Å². The highest BCUT2D eigenvalue weighted by Gasteiger charge is 2.33. The number of oxazole rings is 1. The highest BCUT2D eigenvalue weighted by atomic mass is 16.3. The van der Waals surface area contributed by atoms with E-state index in [-0.39, 0.29) is 17.7 Å². The van der Waals surface area contributed by atoms with E-state index in [0.29, 0.717) is 36.8 Å². The van der Waals surface area contributed by atoms with Crippen molar-refractivity contribution in [3.05, 3.63) is 53.2 Å². The lowest BCUT2D eigenvalue weighted by atomic mass is 10.0. The smallest absolute Gasteiger partial charge is 0.276 e. The van der Waals surface area contributed by atoms with Crippen molar-refractivity contribution in [1.82, 2.24) is 19.7 Å². The van der Waals surface area contributed by atoms with Crippen LogP contribution in [0.15, 0.2) is 35.1 Å². The Bertz CT molecular complexity index is 1140. The van der Waals surface area contributed by atoms with Gasteiger partial charge in [-0.1, -0.05) is 23.8 Å². The van der Waals surface area contributed by atoms with Gasteiger partial charge in [-0.05, 0) is 25.8 Å². The molecule has 2 aliphatic rings. The van der Waals surface area contributed by atoms with Gasteiger partial charge in [0.15, 0.2) is 23.7 Å². The molecular weight excluding hydrogens is 382 g/mol. The Kier molecular flexibility index (Phi) is 4.42. The highest BCUT2D eigenvalue weighted by Crippen LogP contribution is 2.33. The maximum Gasteiger partial charge on any atom is 0.276 e. The zero-order valence-corrected chi connectivity index (χ0v) is 17.0. The van der Waals surface area contributed by atoms with E-state index in [1.807, 2.05) is 38.2 Å². The van der Waals surface area contributed by atoms with E-state index < -0.39 is 0 Å². The molecule has 3 aromatic rings. The SMILES string of the molecule is Cc1cccc(-c2ocnc2C(=O)N2CCc3c(c(NC(=O)C4CC4)nn3C)C2)c1. The average Bonchev–Trinajstić information content (AvgIpc) is 3.40. The fourth-order valence-corrected chi connectivity index (χ4v) is 3.97. The van der Waals surface area contributed by atoms with Crippen molar-refractivity contribution in [3.63, 3.8) is 0 Å². The lowest BCUT2D eigenvalue weighted by Gasteiger charge is -2.27. The standard InChI is InChI=1S/C22H23N5O3/c1-13-4-3-5-15(10-13)19-18(23-12-30-19)22(29)27-9-8-17-16(11-27)20(25-26(17)2)24-21(28)14-6-7-14/h3-5,10,12,14H,6-9,11H2,1-2H3,(H,24,25,28). The second kappa shape index (κ2) is 7.12. The van der Waals surface area contributed by atoms with Crippen LogP contribution in [-0.4, -0.2) is 38.0 Å². The van der Waals surface area contributed by atoms with E-state index in [9.17, 15) is 9.59 Å². The van der Waals surface area contributed by atoms with Crippen molar-refractivity contribution in [2.24, 2.45) is 13.0 Å². The minimum Gasteiger partial charge on any atom is -0.443 e. The van der Waals surface area contributed by atoms with Crippen LogP contribution in [0.1, 0.15) is 40.2 Å². The topological polar surface area (TPSA) is 93.3 Å². The molecule has 2 amide bonds. The highest BCUT2D eigenvalue weighted by molar-refractivity contribution is 5.98. The number of hydrogen-bond acceptors (Lipinski definition) is 5. The molecule has 3 heterocycles. The molecule has 1 N–H and O–H groups in total. The summed E-state index contributed by atoms with van der Waals surface area (Å²) in [6, 6.07) is 7.80. The number of anilines is 1. The third-order valence-electron chi connectivity index (χ3n) is 5.77. The molecule has 0 spiro atoms. The molecule has 1 aromatic carbocycles. The number of rotatable bonds is 4. The fourth-order valence-electron chi connectivity index (χ4n) is 3.97. The number of carbonyl (C=O) groups excluding carboxylic acids is 2. The first kappa shape index (κ1) is 18.6. The number of nitrogens with zero attached hydrogens (tertiary/aromatic N) is 4. The van der Waals surface area contributed by atoms with E-state index in [1.165, 1.54) is 6.39 Å². The summed E-state index contributed by atoms with van der Waals surface area (Å²) in [7, 11) is 1.87. The maximum absolute atomic E-state index is 13.3. The summed E-state index contributed by atoms with van der Waals surface area (Å²) < 4.78 is 7.37. The average molecular weight is 405 g/mol. The molecule has 2 aromatic heterocycles. The molecule has 1 fully saturated rings. The van der Waals surface area contributed by atoms with Gasteiger partial charge in [-0.2, -0.15) is 5.10 Å². The van der Waals surface area contributed by atoms with Gasteiger partial charge in [-0.15, -0.1) is 0 Å². The molecule has 30 heavy (non-hydrogen) atoms. The van der Waals surface area contributed by atoms with Gasteiger partial charge < -0.3 is 14.6 Å². The van der Waals surface area contributed by atoms with Crippen LogP contribution in [0.3, 0.4) is 0 Å². The van der Waals surface area contributed by atoms with Crippen molar-refractivity contribution >= 4 is 17.6 Å². The molecule has 8 heteroatoms. The van der Waals surface area contributed by atoms with Crippen molar-refractivity contribution < 1.29 is 14.0 Å². The van der Waals surface area contributed by atoms with Gasteiger partial charge >= 0.3 is 0 Å². The minimum atomic E-state index is -0.186. The summed E-state index contributed by atoms with van der Waals surface area (Å²) in [6.45, 7) is 2.93. The molecule has 1 aliphatic carbocycles. The van der Waals surface area contributed by atoms with Crippen LogP contribution in [0.5, 0.6) is 0 Å². The number of carbonyl (C=O) groups is 2. The summed E-state index contributed by atoms with van der Waals surface area (Å²) in [4.78, 5) is 31.5. The van der Waals surface area contributed by atoms with Crippen molar-refractivity contribution in [2.45, 2.75) is 32.7 Å². The normalized spacial score (nSPS) is 15.7. The lowest BCUT2D eigenvalue weighted by molar-refractivity contribution is -0.117. The Morgan fingerprint density at radius 1 is 1.27 bits per heavy atom. The van der Waals surface area contributed by atoms with Crippen LogP contribution >= 0.6 is 0 Å². The molecule has 1 saturated carbocycles. The molecule has 1 aliphatic heterocycles. The Labute approximate surface area is 173 Å². The van der Waals surface area contributed by atoms with Gasteiger partial charge in [0.1, 0.15) is 0 Å². The largest absolute Gasteiger partial charge is 0.443 e. The summed E-state index contributed by atoms with van der Waals surface area (Å²) in [5, 5.41) is 7.43. The number of benzene rings is 1. The monoisotopic (exact) mass is 405 g/mol. The van der Waals surface area contributed by atoms with Crippen molar-refractivity contribution in [3.8, 4) is 11.3 Å². The second-order valence-corrected chi connectivity index (χ2v) is 8.04.